The minimum absolute atomic E-state index is 0.0359. The number of aryl methyl sites for hydroxylation is 2. The molecule has 0 bridgehead atoms. The SMILES string of the molecule is Cc1cc(C)cc(CCNC(=O)C(N)C2CCOCC2)c1. The van der Waals surface area contributed by atoms with Gasteiger partial charge in [-0.25, -0.2) is 0 Å². The lowest BCUT2D eigenvalue weighted by Gasteiger charge is -2.26. The number of hydrogen-bond acceptors (Lipinski definition) is 3. The Hall–Kier alpha value is -1.39. The number of rotatable bonds is 5. The van der Waals surface area contributed by atoms with E-state index in [1.165, 1.54) is 16.7 Å². The molecule has 21 heavy (non-hydrogen) atoms. The van der Waals surface area contributed by atoms with Crippen molar-refractivity contribution in [2.45, 2.75) is 39.2 Å². The quantitative estimate of drug-likeness (QED) is 0.868. The van der Waals surface area contributed by atoms with Gasteiger partial charge in [-0.3, -0.25) is 4.79 Å². The van der Waals surface area contributed by atoms with Crippen LogP contribution in [0.5, 0.6) is 0 Å². The maximum Gasteiger partial charge on any atom is 0.237 e. The normalized spacial score (nSPS) is 17.5. The maximum absolute atomic E-state index is 12.1. The highest BCUT2D eigenvalue weighted by molar-refractivity contribution is 5.81. The van der Waals surface area contributed by atoms with E-state index in [1.54, 1.807) is 0 Å². The molecule has 1 aromatic carbocycles. The van der Waals surface area contributed by atoms with Crippen LogP contribution in [0.25, 0.3) is 0 Å². The molecular formula is C17H26N2O2. The second-order valence-electron chi connectivity index (χ2n) is 6.01. The monoisotopic (exact) mass is 290 g/mol. The molecule has 1 fully saturated rings. The smallest absolute Gasteiger partial charge is 0.237 e. The van der Waals surface area contributed by atoms with Crippen LogP contribution in [0.1, 0.15) is 29.5 Å². The predicted molar refractivity (Wildman–Crippen MR) is 84.1 cm³/mol. The molecule has 1 atom stereocenters. The number of hydrogen-bond donors (Lipinski definition) is 2. The topological polar surface area (TPSA) is 64.4 Å². The number of nitrogens with two attached hydrogens (primary N) is 1. The van der Waals surface area contributed by atoms with E-state index in [2.05, 4.69) is 37.4 Å². The number of ether oxygens (including phenoxy) is 1. The molecule has 1 aliphatic rings. The van der Waals surface area contributed by atoms with Gasteiger partial charge in [-0.05, 0) is 44.6 Å². The third kappa shape index (κ3) is 4.83. The molecule has 0 aliphatic carbocycles. The van der Waals surface area contributed by atoms with E-state index in [9.17, 15) is 4.79 Å². The molecule has 3 N–H and O–H groups in total. The highest BCUT2D eigenvalue weighted by Crippen LogP contribution is 2.17. The number of benzene rings is 1. The van der Waals surface area contributed by atoms with Crippen molar-refractivity contribution in [3.05, 3.63) is 34.9 Å². The van der Waals surface area contributed by atoms with Gasteiger partial charge in [-0.15, -0.1) is 0 Å². The predicted octanol–water partition coefficient (Wildman–Crippen LogP) is 1.72. The van der Waals surface area contributed by atoms with Crippen LogP contribution in [0.15, 0.2) is 18.2 Å². The van der Waals surface area contributed by atoms with E-state index < -0.39 is 6.04 Å². The van der Waals surface area contributed by atoms with Crippen molar-refractivity contribution < 1.29 is 9.53 Å². The van der Waals surface area contributed by atoms with Crippen molar-refractivity contribution in [3.63, 3.8) is 0 Å². The lowest BCUT2D eigenvalue weighted by atomic mass is 9.92. The van der Waals surface area contributed by atoms with Gasteiger partial charge in [0.1, 0.15) is 0 Å². The molecule has 0 saturated carbocycles. The van der Waals surface area contributed by atoms with Crippen LogP contribution in [0.3, 0.4) is 0 Å². The third-order valence-electron chi connectivity index (χ3n) is 4.07. The zero-order chi connectivity index (χ0) is 15.2. The van der Waals surface area contributed by atoms with Gasteiger partial charge in [0.25, 0.3) is 0 Å². The van der Waals surface area contributed by atoms with Gasteiger partial charge in [0.15, 0.2) is 0 Å². The van der Waals surface area contributed by atoms with Crippen LogP contribution in [0, 0.1) is 19.8 Å². The van der Waals surface area contributed by atoms with E-state index in [4.69, 9.17) is 10.5 Å². The molecule has 1 aromatic rings. The van der Waals surface area contributed by atoms with E-state index in [-0.39, 0.29) is 11.8 Å². The van der Waals surface area contributed by atoms with Gasteiger partial charge in [-0.1, -0.05) is 29.3 Å². The van der Waals surface area contributed by atoms with Crippen molar-refractivity contribution in [1.82, 2.24) is 5.32 Å². The molecule has 1 saturated heterocycles. The molecule has 1 unspecified atom stereocenters. The second kappa shape index (κ2) is 7.57. The first-order valence-electron chi connectivity index (χ1n) is 7.74. The van der Waals surface area contributed by atoms with Gasteiger partial charge in [0.05, 0.1) is 6.04 Å². The average Bonchev–Trinajstić information content (AvgIpc) is 2.46. The lowest BCUT2D eigenvalue weighted by Crippen LogP contribution is -2.47. The Kier molecular flexibility index (Phi) is 5.76. The zero-order valence-electron chi connectivity index (χ0n) is 13.0. The van der Waals surface area contributed by atoms with Crippen molar-refractivity contribution in [3.8, 4) is 0 Å². The summed E-state index contributed by atoms with van der Waals surface area (Å²) in [5.74, 6) is 0.214. The third-order valence-corrected chi connectivity index (χ3v) is 4.07. The van der Waals surface area contributed by atoms with E-state index in [0.717, 1.165) is 19.3 Å². The van der Waals surface area contributed by atoms with E-state index in [1.807, 2.05) is 0 Å². The lowest BCUT2D eigenvalue weighted by molar-refractivity contribution is -0.124. The van der Waals surface area contributed by atoms with Gasteiger partial charge < -0.3 is 15.8 Å². The average molecular weight is 290 g/mol. The molecule has 0 radical (unpaired) electrons. The summed E-state index contributed by atoms with van der Waals surface area (Å²) in [6.07, 6.45) is 2.60. The second-order valence-corrected chi connectivity index (χ2v) is 6.01. The van der Waals surface area contributed by atoms with Crippen molar-refractivity contribution in [2.75, 3.05) is 19.8 Å². The summed E-state index contributed by atoms with van der Waals surface area (Å²) in [6.45, 7) is 6.26. The molecule has 0 aromatic heterocycles. The van der Waals surface area contributed by atoms with Crippen LogP contribution >= 0.6 is 0 Å². The Morgan fingerprint density at radius 1 is 1.29 bits per heavy atom. The Morgan fingerprint density at radius 3 is 2.52 bits per heavy atom. The summed E-state index contributed by atoms with van der Waals surface area (Å²) in [4.78, 5) is 12.1. The molecule has 116 valence electrons. The van der Waals surface area contributed by atoms with Crippen molar-refractivity contribution in [1.29, 1.82) is 0 Å². The highest BCUT2D eigenvalue weighted by Gasteiger charge is 2.26. The molecule has 2 rings (SSSR count). The highest BCUT2D eigenvalue weighted by atomic mass is 16.5. The molecule has 1 amide bonds. The number of nitrogens with one attached hydrogen (secondary N) is 1. The number of carbonyl (C=O) groups excluding carboxylic acids is 1. The Balaban J connectivity index is 1.78. The summed E-state index contributed by atoms with van der Waals surface area (Å²) >= 11 is 0. The Bertz CT molecular complexity index is 461. The first-order valence-corrected chi connectivity index (χ1v) is 7.74. The van der Waals surface area contributed by atoms with Crippen LogP contribution in [0.4, 0.5) is 0 Å². The van der Waals surface area contributed by atoms with Crippen LogP contribution < -0.4 is 11.1 Å². The number of amides is 1. The van der Waals surface area contributed by atoms with Crippen LogP contribution in [0.2, 0.25) is 0 Å². The molecule has 4 nitrogen and oxygen atoms in total. The molecule has 4 heteroatoms. The fourth-order valence-corrected chi connectivity index (χ4v) is 2.95. The van der Waals surface area contributed by atoms with Gasteiger partial charge in [-0.2, -0.15) is 0 Å². The summed E-state index contributed by atoms with van der Waals surface area (Å²) < 4.78 is 5.30. The minimum atomic E-state index is -0.409. The molecular weight excluding hydrogens is 264 g/mol. The van der Waals surface area contributed by atoms with Gasteiger partial charge in [0, 0.05) is 19.8 Å². The van der Waals surface area contributed by atoms with Gasteiger partial charge >= 0.3 is 0 Å². The fourth-order valence-electron chi connectivity index (χ4n) is 2.95. The van der Waals surface area contributed by atoms with Crippen LogP contribution in [-0.2, 0) is 16.0 Å². The Labute approximate surface area is 127 Å². The maximum atomic E-state index is 12.1. The van der Waals surface area contributed by atoms with Crippen LogP contribution in [-0.4, -0.2) is 31.7 Å². The largest absolute Gasteiger partial charge is 0.381 e. The molecule has 0 spiro atoms. The molecule has 1 heterocycles. The summed E-state index contributed by atoms with van der Waals surface area (Å²) in [5.41, 5.74) is 9.83. The van der Waals surface area contributed by atoms with Gasteiger partial charge in [0.2, 0.25) is 5.91 Å². The Morgan fingerprint density at radius 2 is 1.90 bits per heavy atom. The summed E-state index contributed by atoms with van der Waals surface area (Å²) in [5, 5.41) is 2.96. The standard InChI is InChI=1S/C17H26N2O2/c1-12-9-13(2)11-14(10-12)3-6-19-17(20)16(18)15-4-7-21-8-5-15/h9-11,15-16H,3-8,18H2,1-2H3,(H,19,20). The zero-order valence-corrected chi connectivity index (χ0v) is 13.0. The number of carbonyl (C=O) groups is 1. The van der Waals surface area contributed by atoms with Crippen molar-refractivity contribution in [2.24, 2.45) is 11.7 Å². The van der Waals surface area contributed by atoms with E-state index in [0.29, 0.717) is 19.8 Å². The fraction of sp³-hybridized carbons (Fsp3) is 0.588. The molecule has 1 aliphatic heterocycles. The summed E-state index contributed by atoms with van der Waals surface area (Å²) in [6, 6.07) is 6.08. The van der Waals surface area contributed by atoms with Crippen molar-refractivity contribution >= 4 is 5.91 Å². The first-order chi connectivity index (χ1) is 10.1. The van der Waals surface area contributed by atoms with E-state index >= 15 is 0 Å². The minimum Gasteiger partial charge on any atom is -0.381 e. The first kappa shape index (κ1) is 16.0. The summed E-state index contributed by atoms with van der Waals surface area (Å²) in [7, 11) is 0.